The molecule has 0 aliphatic carbocycles. The zero-order chi connectivity index (χ0) is 23.9. The maximum atomic E-state index is 12.5. The van der Waals surface area contributed by atoms with Crippen LogP contribution in [0.3, 0.4) is 0 Å². The fraction of sp³-hybridized carbons (Fsp3) is 0.115. The van der Waals surface area contributed by atoms with E-state index in [0.717, 1.165) is 11.1 Å². The van der Waals surface area contributed by atoms with Crippen molar-refractivity contribution in [2.75, 3.05) is 16.0 Å². The van der Waals surface area contributed by atoms with Gasteiger partial charge in [0.25, 0.3) is 0 Å². The second-order valence-corrected chi connectivity index (χ2v) is 8.08. The van der Waals surface area contributed by atoms with E-state index < -0.39 is 0 Å². The topological polar surface area (TPSA) is 96.3 Å². The Labute approximate surface area is 202 Å². The summed E-state index contributed by atoms with van der Waals surface area (Å²) in [6.07, 6.45) is 2.19. The number of nitrogens with one attached hydrogen (secondary N) is 3. The Morgan fingerprint density at radius 2 is 1.65 bits per heavy atom. The van der Waals surface area contributed by atoms with Crippen molar-refractivity contribution in [3.63, 3.8) is 0 Å². The second-order valence-electron chi connectivity index (χ2n) is 7.65. The van der Waals surface area contributed by atoms with Crippen LogP contribution >= 0.6 is 11.6 Å². The van der Waals surface area contributed by atoms with Gasteiger partial charge in [0, 0.05) is 40.5 Å². The van der Waals surface area contributed by atoms with Crippen molar-refractivity contribution in [3.8, 4) is 11.3 Å². The standard InChI is InChI=1S/C26H23ClN4O3/c1-17-7-12-21(30-26(33)29-20-5-3-2-4-6-20)15-22(17)31-24(32)13-14-25-28-16-23(34-25)18-8-10-19(27)11-9-18/h2-12,15-16H,13-14H2,1H3,(H,31,32)(H2,29,30,33). The highest BCUT2D eigenvalue weighted by molar-refractivity contribution is 6.30. The van der Waals surface area contributed by atoms with E-state index in [4.69, 9.17) is 16.0 Å². The lowest BCUT2D eigenvalue weighted by Gasteiger charge is -2.12. The van der Waals surface area contributed by atoms with Gasteiger partial charge in [-0.15, -0.1) is 0 Å². The first-order chi connectivity index (χ1) is 16.5. The Balaban J connectivity index is 1.32. The minimum absolute atomic E-state index is 0.180. The van der Waals surface area contributed by atoms with Crippen LogP contribution < -0.4 is 16.0 Å². The molecule has 0 saturated heterocycles. The SMILES string of the molecule is Cc1ccc(NC(=O)Nc2ccccc2)cc1NC(=O)CCc1ncc(-c2ccc(Cl)cc2)o1. The van der Waals surface area contributed by atoms with Crippen LogP contribution in [-0.4, -0.2) is 16.9 Å². The minimum atomic E-state index is -0.368. The molecule has 8 heteroatoms. The van der Waals surface area contributed by atoms with Crippen LogP contribution in [0.1, 0.15) is 17.9 Å². The molecular weight excluding hydrogens is 452 g/mol. The Kier molecular flexibility index (Phi) is 7.25. The van der Waals surface area contributed by atoms with Gasteiger partial charge >= 0.3 is 6.03 Å². The average molecular weight is 475 g/mol. The Hall–Kier alpha value is -4.10. The predicted molar refractivity (Wildman–Crippen MR) is 134 cm³/mol. The van der Waals surface area contributed by atoms with E-state index in [0.29, 0.717) is 40.2 Å². The van der Waals surface area contributed by atoms with E-state index in [9.17, 15) is 9.59 Å². The molecule has 0 bridgehead atoms. The number of anilines is 3. The van der Waals surface area contributed by atoms with Crippen molar-refractivity contribution < 1.29 is 14.0 Å². The van der Waals surface area contributed by atoms with E-state index in [-0.39, 0.29) is 18.4 Å². The third-order valence-electron chi connectivity index (χ3n) is 5.05. The van der Waals surface area contributed by atoms with Crippen molar-refractivity contribution >= 4 is 40.6 Å². The molecule has 0 fully saturated rings. The number of oxazole rings is 1. The van der Waals surface area contributed by atoms with Crippen LogP contribution in [0.2, 0.25) is 5.02 Å². The summed E-state index contributed by atoms with van der Waals surface area (Å²) < 4.78 is 5.76. The monoisotopic (exact) mass is 474 g/mol. The fourth-order valence-corrected chi connectivity index (χ4v) is 3.38. The number of carbonyl (C=O) groups is 2. The zero-order valence-electron chi connectivity index (χ0n) is 18.5. The number of para-hydroxylation sites is 1. The molecular formula is C26H23ClN4O3. The van der Waals surface area contributed by atoms with Gasteiger partial charge in [-0.05, 0) is 61.0 Å². The molecule has 0 aliphatic heterocycles. The predicted octanol–water partition coefficient (Wildman–Crippen LogP) is 6.52. The van der Waals surface area contributed by atoms with Crippen molar-refractivity contribution in [3.05, 3.63) is 95.5 Å². The molecule has 1 heterocycles. The lowest BCUT2D eigenvalue weighted by atomic mass is 10.1. The first-order valence-corrected chi connectivity index (χ1v) is 11.1. The lowest BCUT2D eigenvalue weighted by molar-refractivity contribution is -0.116. The van der Waals surface area contributed by atoms with Crippen molar-refractivity contribution in [2.24, 2.45) is 0 Å². The molecule has 0 atom stereocenters. The molecule has 4 rings (SSSR count). The quantitative estimate of drug-likeness (QED) is 0.284. The number of rotatable bonds is 7. The molecule has 3 amide bonds. The van der Waals surface area contributed by atoms with E-state index in [2.05, 4.69) is 20.9 Å². The smallest absolute Gasteiger partial charge is 0.323 e. The first kappa shape index (κ1) is 23.1. The number of amides is 3. The summed E-state index contributed by atoms with van der Waals surface area (Å²) in [5.41, 5.74) is 3.62. The summed E-state index contributed by atoms with van der Waals surface area (Å²) in [7, 11) is 0. The molecule has 3 N–H and O–H groups in total. The fourth-order valence-electron chi connectivity index (χ4n) is 3.26. The summed E-state index contributed by atoms with van der Waals surface area (Å²) >= 11 is 5.92. The number of aromatic nitrogens is 1. The number of carbonyl (C=O) groups excluding carboxylic acids is 2. The van der Waals surface area contributed by atoms with E-state index in [1.54, 1.807) is 42.6 Å². The molecule has 1 aromatic heterocycles. The summed E-state index contributed by atoms with van der Waals surface area (Å²) in [6, 6.07) is 21.4. The summed E-state index contributed by atoms with van der Waals surface area (Å²) in [5, 5.41) is 9.07. The molecule has 4 aromatic rings. The average Bonchev–Trinajstić information content (AvgIpc) is 3.30. The number of hydrogen-bond donors (Lipinski definition) is 3. The van der Waals surface area contributed by atoms with Gasteiger partial charge in [0.2, 0.25) is 5.91 Å². The van der Waals surface area contributed by atoms with E-state index in [1.807, 2.05) is 43.3 Å². The van der Waals surface area contributed by atoms with Gasteiger partial charge in [-0.25, -0.2) is 9.78 Å². The molecule has 34 heavy (non-hydrogen) atoms. The lowest BCUT2D eigenvalue weighted by Crippen LogP contribution is -2.19. The molecule has 0 spiro atoms. The van der Waals surface area contributed by atoms with Gasteiger partial charge in [0.05, 0.1) is 6.20 Å². The van der Waals surface area contributed by atoms with Gasteiger partial charge < -0.3 is 20.4 Å². The van der Waals surface area contributed by atoms with Gasteiger partial charge in [0.1, 0.15) is 0 Å². The maximum absolute atomic E-state index is 12.5. The van der Waals surface area contributed by atoms with Crippen molar-refractivity contribution in [2.45, 2.75) is 19.8 Å². The molecule has 3 aromatic carbocycles. The number of nitrogens with zero attached hydrogens (tertiary/aromatic N) is 1. The number of urea groups is 1. The summed E-state index contributed by atoms with van der Waals surface area (Å²) in [4.78, 5) is 29.0. The summed E-state index contributed by atoms with van der Waals surface area (Å²) in [6.45, 7) is 1.88. The number of benzene rings is 3. The van der Waals surface area contributed by atoms with Crippen LogP contribution in [0.4, 0.5) is 21.9 Å². The zero-order valence-corrected chi connectivity index (χ0v) is 19.2. The van der Waals surface area contributed by atoms with Gasteiger partial charge in [0.15, 0.2) is 11.7 Å². The normalized spacial score (nSPS) is 10.5. The molecule has 0 radical (unpaired) electrons. The van der Waals surface area contributed by atoms with Crippen molar-refractivity contribution in [1.29, 1.82) is 0 Å². The minimum Gasteiger partial charge on any atom is -0.441 e. The van der Waals surface area contributed by atoms with E-state index in [1.165, 1.54) is 0 Å². The molecule has 0 aliphatic rings. The van der Waals surface area contributed by atoms with Gasteiger partial charge in [-0.2, -0.15) is 0 Å². The van der Waals surface area contributed by atoms with Crippen LogP contribution in [0.25, 0.3) is 11.3 Å². The Bertz CT molecular complexity index is 1290. The number of aryl methyl sites for hydroxylation is 2. The van der Waals surface area contributed by atoms with E-state index >= 15 is 0 Å². The highest BCUT2D eigenvalue weighted by Gasteiger charge is 2.11. The van der Waals surface area contributed by atoms with Crippen LogP contribution in [0, 0.1) is 6.92 Å². The Morgan fingerprint density at radius 3 is 2.41 bits per heavy atom. The van der Waals surface area contributed by atoms with Crippen LogP contribution in [-0.2, 0) is 11.2 Å². The van der Waals surface area contributed by atoms with Crippen molar-refractivity contribution in [1.82, 2.24) is 4.98 Å². The highest BCUT2D eigenvalue weighted by atomic mass is 35.5. The number of hydrogen-bond acceptors (Lipinski definition) is 4. The summed E-state index contributed by atoms with van der Waals surface area (Å²) in [5.74, 6) is 0.917. The third-order valence-corrected chi connectivity index (χ3v) is 5.30. The highest BCUT2D eigenvalue weighted by Crippen LogP contribution is 2.24. The molecule has 0 unspecified atom stereocenters. The number of halogens is 1. The third kappa shape index (κ3) is 6.24. The first-order valence-electron chi connectivity index (χ1n) is 10.7. The van der Waals surface area contributed by atoms with Gasteiger partial charge in [-0.1, -0.05) is 35.9 Å². The molecule has 0 saturated carbocycles. The second kappa shape index (κ2) is 10.7. The van der Waals surface area contributed by atoms with Crippen LogP contribution in [0.15, 0.2) is 83.4 Å². The maximum Gasteiger partial charge on any atom is 0.323 e. The van der Waals surface area contributed by atoms with Crippen LogP contribution in [0.5, 0.6) is 0 Å². The molecule has 172 valence electrons. The largest absolute Gasteiger partial charge is 0.441 e. The van der Waals surface area contributed by atoms with Gasteiger partial charge in [-0.3, -0.25) is 4.79 Å². The Morgan fingerprint density at radius 1 is 0.912 bits per heavy atom. The molecule has 7 nitrogen and oxygen atoms in total.